The summed E-state index contributed by atoms with van der Waals surface area (Å²) in [6.45, 7) is 2.15. The largest absolute Gasteiger partial charge is 0.480 e. The summed E-state index contributed by atoms with van der Waals surface area (Å²) in [7, 11) is -3.84. The Morgan fingerprint density at radius 3 is 2.80 bits per heavy atom. The lowest BCUT2D eigenvalue weighted by Gasteiger charge is -2.34. The summed E-state index contributed by atoms with van der Waals surface area (Å²) in [6.07, 6.45) is 3.70. The summed E-state index contributed by atoms with van der Waals surface area (Å²) in [5, 5.41) is 9.26. The summed E-state index contributed by atoms with van der Waals surface area (Å²) < 4.78 is 26.7. The maximum Gasteiger partial charge on any atom is 0.322 e. The number of carboxylic acid groups (broad SMARTS) is 1. The Bertz CT molecular complexity index is 620. The molecule has 2 atom stereocenters. The van der Waals surface area contributed by atoms with Crippen LogP contribution in [0.15, 0.2) is 27.8 Å². The summed E-state index contributed by atoms with van der Waals surface area (Å²) in [5.41, 5.74) is 0. The van der Waals surface area contributed by atoms with Gasteiger partial charge in [0.2, 0.25) is 10.0 Å². The van der Waals surface area contributed by atoms with Crippen LogP contribution in [0.4, 0.5) is 0 Å². The van der Waals surface area contributed by atoms with Gasteiger partial charge in [0.05, 0.1) is 0 Å². The van der Waals surface area contributed by atoms with Gasteiger partial charge < -0.3 is 5.11 Å². The molecule has 0 bridgehead atoms. The fourth-order valence-electron chi connectivity index (χ4n) is 2.30. The molecule has 0 aromatic carbocycles. The van der Waals surface area contributed by atoms with Crippen molar-refractivity contribution in [3.8, 4) is 0 Å². The molecule has 2 rings (SSSR count). The first kappa shape index (κ1) is 15.4. The van der Waals surface area contributed by atoms with E-state index in [0.29, 0.717) is 17.3 Å². The van der Waals surface area contributed by atoms with Gasteiger partial charge in [0.25, 0.3) is 0 Å². The van der Waals surface area contributed by atoms with Crippen LogP contribution in [0.2, 0.25) is 0 Å². The first-order chi connectivity index (χ1) is 9.32. The van der Waals surface area contributed by atoms with Gasteiger partial charge in [0, 0.05) is 23.4 Å². The van der Waals surface area contributed by atoms with Gasteiger partial charge >= 0.3 is 5.97 Å². The second-order valence-electron chi connectivity index (χ2n) is 4.94. The molecule has 1 aliphatic rings. The van der Waals surface area contributed by atoms with E-state index in [0.717, 1.165) is 4.31 Å². The third kappa shape index (κ3) is 3.02. The van der Waals surface area contributed by atoms with Gasteiger partial charge in [0.1, 0.15) is 10.9 Å². The fourth-order valence-corrected chi connectivity index (χ4v) is 4.41. The number of halogens is 1. The quantitative estimate of drug-likeness (QED) is 0.884. The van der Waals surface area contributed by atoms with Crippen molar-refractivity contribution in [1.82, 2.24) is 9.29 Å². The van der Waals surface area contributed by atoms with Crippen molar-refractivity contribution >= 4 is 31.9 Å². The number of aromatic nitrogens is 1. The molecule has 0 amide bonds. The molecule has 1 aromatic heterocycles. The first-order valence-corrected chi connectivity index (χ1v) is 8.41. The molecule has 1 N–H and O–H groups in total. The Balaban J connectivity index is 2.39. The van der Waals surface area contributed by atoms with E-state index in [4.69, 9.17) is 0 Å². The van der Waals surface area contributed by atoms with Crippen molar-refractivity contribution in [2.75, 3.05) is 6.54 Å². The molecule has 1 fully saturated rings. The highest BCUT2D eigenvalue weighted by Gasteiger charge is 2.39. The van der Waals surface area contributed by atoms with Gasteiger partial charge in [-0.05, 0) is 40.8 Å². The van der Waals surface area contributed by atoms with E-state index in [1.807, 2.05) is 6.92 Å². The third-order valence-electron chi connectivity index (χ3n) is 3.39. The zero-order valence-electron chi connectivity index (χ0n) is 10.9. The van der Waals surface area contributed by atoms with Crippen LogP contribution >= 0.6 is 15.9 Å². The molecule has 0 aliphatic carbocycles. The minimum atomic E-state index is -3.84. The predicted molar refractivity (Wildman–Crippen MR) is 75.7 cm³/mol. The third-order valence-corrected chi connectivity index (χ3v) is 5.69. The molecule has 0 spiro atoms. The minimum Gasteiger partial charge on any atom is -0.480 e. The van der Waals surface area contributed by atoms with Gasteiger partial charge in [-0.1, -0.05) is 6.92 Å². The maximum atomic E-state index is 12.6. The van der Waals surface area contributed by atoms with Crippen LogP contribution in [0.5, 0.6) is 0 Å². The van der Waals surface area contributed by atoms with Gasteiger partial charge in [0.15, 0.2) is 0 Å². The summed E-state index contributed by atoms with van der Waals surface area (Å²) in [6, 6.07) is 0.418. The van der Waals surface area contributed by atoms with Crippen molar-refractivity contribution in [2.24, 2.45) is 5.92 Å². The van der Waals surface area contributed by atoms with Gasteiger partial charge in [-0.25, -0.2) is 8.42 Å². The smallest absolute Gasteiger partial charge is 0.322 e. The van der Waals surface area contributed by atoms with Crippen LogP contribution in [0.3, 0.4) is 0 Å². The molecular weight excluding hydrogens is 348 g/mol. The number of hydrogen-bond donors (Lipinski definition) is 1. The van der Waals surface area contributed by atoms with Crippen molar-refractivity contribution in [2.45, 2.75) is 30.7 Å². The topological polar surface area (TPSA) is 87.6 Å². The highest BCUT2D eigenvalue weighted by molar-refractivity contribution is 9.10. The number of carboxylic acids is 1. The summed E-state index contributed by atoms with van der Waals surface area (Å²) in [5.74, 6) is -0.911. The van der Waals surface area contributed by atoms with Crippen LogP contribution in [0, 0.1) is 5.92 Å². The van der Waals surface area contributed by atoms with Crippen molar-refractivity contribution < 1.29 is 18.3 Å². The average Bonchev–Trinajstić information content (AvgIpc) is 2.38. The Kier molecular flexibility index (Phi) is 4.46. The van der Waals surface area contributed by atoms with Crippen LogP contribution in [0.1, 0.15) is 19.8 Å². The average molecular weight is 363 g/mol. The minimum absolute atomic E-state index is 0.00711. The van der Waals surface area contributed by atoms with E-state index < -0.39 is 22.0 Å². The second-order valence-corrected chi connectivity index (χ2v) is 7.74. The number of sulfonamides is 1. The molecule has 110 valence electrons. The summed E-state index contributed by atoms with van der Waals surface area (Å²) in [4.78, 5) is 15.2. The second kappa shape index (κ2) is 5.79. The van der Waals surface area contributed by atoms with E-state index in [9.17, 15) is 18.3 Å². The van der Waals surface area contributed by atoms with Crippen LogP contribution in [0.25, 0.3) is 0 Å². The highest BCUT2D eigenvalue weighted by atomic mass is 79.9. The Hall–Kier alpha value is -0.990. The standard InChI is InChI=1S/C12H15BrN2O4S/c1-8-2-3-15(11(4-8)12(16)17)20(18,19)10-5-9(13)6-14-7-10/h5-8,11H,2-4H2,1H3,(H,16,17). The lowest BCUT2D eigenvalue weighted by molar-refractivity contribution is -0.143. The molecule has 6 nitrogen and oxygen atoms in total. The molecule has 1 aromatic rings. The molecule has 0 saturated carbocycles. The van der Waals surface area contributed by atoms with E-state index in [2.05, 4.69) is 20.9 Å². The van der Waals surface area contributed by atoms with E-state index in [1.54, 1.807) is 0 Å². The molecule has 1 saturated heterocycles. The van der Waals surface area contributed by atoms with Crippen molar-refractivity contribution in [1.29, 1.82) is 0 Å². The number of hydrogen-bond acceptors (Lipinski definition) is 4. The summed E-state index contributed by atoms with van der Waals surface area (Å²) >= 11 is 3.17. The van der Waals surface area contributed by atoms with E-state index in [-0.39, 0.29) is 17.4 Å². The number of rotatable bonds is 3. The Morgan fingerprint density at radius 2 is 2.20 bits per heavy atom. The SMILES string of the molecule is CC1CCN(S(=O)(=O)c2cncc(Br)c2)C(C(=O)O)C1. The van der Waals surface area contributed by atoms with E-state index >= 15 is 0 Å². The lowest BCUT2D eigenvalue weighted by Crippen LogP contribution is -2.49. The Morgan fingerprint density at radius 1 is 1.50 bits per heavy atom. The van der Waals surface area contributed by atoms with Crippen molar-refractivity contribution in [3.05, 3.63) is 22.9 Å². The number of pyridine rings is 1. The van der Waals surface area contributed by atoms with Crippen LogP contribution < -0.4 is 0 Å². The molecule has 1 aliphatic heterocycles. The van der Waals surface area contributed by atoms with E-state index in [1.165, 1.54) is 18.5 Å². The molecule has 20 heavy (non-hydrogen) atoms. The molecule has 2 unspecified atom stereocenters. The van der Waals surface area contributed by atoms with Gasteiger partial charge in [-0.2, -0.15) is 4.31 Å². The number of carbonyl (C=O) groups is 1. The zero-order valence-corrected chi connectivity index (χ0v) is 13.3. The van der Waals surface area contributed by atoms with Gasteiger partial charge in [-0.15, -0.1) is 0 Å². The predicted octanol–water partition coefficient (Wildman–Crippen LogP) is 1.72. The first-order valence-electron chi connectivity index (χ1n) is 6.17. The zero-order chi connectivity index (χ0) is 14.9. The number of aliphatic carboxylic acids is 1. The monoisotopic (exact) mass is 362 g/mol. The lowest BCUT2D eigenvalue weighted by atomic mass is 9.94. The van der Waals surface area contributed by atoms with Gasteiger partial charge in [-0.3, -0.25) is 9.78 Å². The fraction of sp³-hybridized carbons (Fsp3) is 0.500. The van der Waals surface area contributed by atoms with Crippen LogP contribution in [-0.4, -0.2) is 41.4 Å². The Labute approximate surface area is 126 Å². The molecular formula is C12H15BrN2O4S. The molecule has 8 heteroatoms. The van der Waals surface area contributed by atoms with Crippen molar-refractivity contribution in [3.63, 3.8) is 0 Å². The van der Waals surface area contributed by atoms with Crippen LogP contribution in [-0.2, 0) is 14.8 Å². The maximum absolute atomic E-state index is 12.6. The highest BCUT2D eigenvalue weighted by Crippen LogP contribution is 2.29. The number of nitrogens with zero attached hydrogens (tertiary/aromatic N) is 2. The molecule has 2 heterocycles. The molecule has 0 radical (unpaired) electrons. The normalized spacial score (nSPS) is 24.5. The number of piperidine rings is 1.